The second-order valence-corrected chi connectivity index (χ2v) is 6.54. The molecule has 1 aliphatic rings. The average molecular weight is 383 g/mol. The van der Waals surface area contributed by atoms with Crippen LogP contribution in [-0.2, 0) is 22.6 Å². The molecule has 0 bridgehead atoms. The molecule has 26 heavy (non-hydrogen) atoms. The molecule has 0 saturated heterocycles. The van der Waals surface area contributed by atoms with Crippen molar-refractivity contribution >= 4 is 17.5 Å². The van der Waals surface area contributed by atoms with Gasteiger partial charge in [-0.05, 0) is 25.0 Å². The number of hydrogen-bond donors (Lipinski definition) is 1. The van der Waals surface area contributed by atoms with Crippen LogP contribution in [0.1, 0.15) is 30.1 Å². The van der Waals surface area contributed by atoms with Gasteiger partial charge < -0.3 is 10.1 Å². The lowest BCUT2D eigenvalue weighted by atomic mass is 9.98. The highest BCUT2D eigenvalue weighted by Gasteiger charge is 2.31. The highest BCUT2D eigenvalue weighted by molar-refractivity contribution is 6.31. The molecule has 1 aromatic carbocycles. The topological polar surface area (TPSA) is 78.2 Å². The van der Waals surface area contributed by atoms with Crippen molar-refractivity contribution < 1.29 is 13.9 Å². The Morgan fingerprint density at radius 3 is 3.04 bits per heavy atom. The smallest absolute Gasteiger partial charge is 0.346 e. The molecular weight excluding hydrogens is 363 g/mol. The molecule has 0 fully saturated rings. The molecule has 7 nitrogen and oxygen atoms in total. The molecule has 0 aliphatic carbocycles. The minimum Gasteiger partial charge on any atom is -0.383 e. The Morgan fingerprint density at radius 2 is 2.31 bits per heavy atom. The number of methoxy groups -OCH3 is 1. The minimum absolute atomic E-state index is 0.0810. The lowest BCUT2D eigenvalue weighted by Crippen LogP contribution is -2.36. The number of nitrogens with zero attached hydrogens (tertiary/aromatic N) is 3. The molecule has 0 spiro atoms. The lowest BCUT2D eigenvalue weighted by Gasteiger charge is -2.21. The van der Waals surface area contributed by atoms with Crippen molar-refractivity contribution in [2.24, 2.45) is 0 Å². The van der Waals surface area contributed by atoms with Crippen LogP contribution in [0.15, 0.2) is 23.0 Å². The maximum absolute atomic E-state index is 14.0. The summed E-state index contributed by atoms with van der Waals surface area (Å²) in [7, 11) is 1.56. The van der Waals surface area contributed by atoms with Crippen LogP contribution >= 0.6 is 11.6 Å². The molecule has 1 aliphatic heterocycles. The highest BCUT2D eigenvalue weighted by Crippen LogP contribution is 2.25. The summed E-state index contributed by atoms with van der Waals surface area (Å²) >= 11 is 6.04. The number of carbonyl (C=O) groups excluding carboxylic acids is 1. The summed E-state index contributed by atoms with van der Waals surface area (Å²) in [5, 5.41) is 7.32. The van der Waals surface area contributed by atoms with Crippen molar-refractivity contribution in [1.82, 2.24) is 19.7 Å². The molecule has 9 heteroatoms. The molecule has 0 radical (unpaired) electrons. The van der Waals surface area contributed by atoms with E-state index in [1.165, 1.54) is 21.4 Å². The van der Waals surface area contributed by atoms with Crippen LogP contribution in [0.5, 0.6) is 0 Å². The van der Waals surface area contributed by atoms with E-state index in [0.29, 0.717) is 38.4 Å². The maximum Gasteiger partial charge on any atom is 0.346 e. The SMILES string of the molecule is COCCNC(=O)C1CCCn2c1nn(Cc1c(F)cccc1Cl)c2=O. The van der Waals surface area contributed by atoms with Gasteiger partial charge in [-0.15, -0.1) is 0 Å². The van der Waals surface area contributed by atoms with E-state index in [4.69, 9.17) is 16.3 Å². The average Bonchev–Trinajstić information content (AvgIpc) is 2.94. The van der Waals surface area contributed by atoms with Crippen molar-refractivity contribution in [2.45, 2.75) is 31.8 Å². The Balaban J connectivity index is 1.87. The van der Waals surface area contributed by atoms with Gasteiger partial charge in [-0.1, -0.05) is 17.7 Å². The molecule has 2 aromatic rings. The molecule has 1 N–H and O–H groups in total. The third kappa shape index (κ3) is 3.66. The number of ether oxygens (including phenoxy) is 1. The number of benzene rings is 1. The Labute approximate surface area is 154 Å². The first-order chi connectivity index (χ1) is 12.5. The number of amides is 1. The third-order valence-electron chi connectivity index (χ3n) is 4.43. The number of nitrogens with one attached hydrogen (secondary N) is 1. The van der Waals surface area contributed by atoms with E-state index in [0.717, 1.165) is 0 Å². The first-order valence-electron chi connectivity index (χ1n) is 8.40. The number of halogens is 2. The monoisotopic (exact) mass is 382 g/mol. The van der Waals surface area contributed by atoms with Crippen LogP contribution in [0.4, 0.5) is 4.39 Å². The van der Waals surface area contributed by atoms with Crippen molar-refractivity contribution in [1.29, 1.82) is 0 Å². The number of carbonyl (C=O) groups is 1. The predicted octanol–water partition coefficient (Wildman–Crippen LogP) is 1.53. The summed E-state index contributed by atoms with van der Waals surface area (Å²) in [6.07, 6.45) is 1.30. The van der Waals surface area contributed by atoms with Crippen LogP contribution < -0.4 is 11.0 Å². The molecule has 1 amide bonds. The molecule has 140 valence electrons. The summed E-state index contributed by atoms with van der Waals surface area (Å²) in [6, 6.07) is 4.35. The van der Waals surface area contributed by atoms with Gasteiger partial charge in [0.15, 0.2) is 0 Å². The van der Waals surface area contributed by atoms with Gasteiger partial charge in [0.25, 0.3) is 0 Å². The predicted molar refractivity (Wildman–Crippen MR) is 93.9 cm³/mol. The molecule has 0 saturated carbocycles. The van der Waals surface area contributed by atoms with E-state index in [-0.39, 0.29) is 28.7 Å². The largest absolute Gasteiger partial charge is 0.383 e. The number of rotatable bonds is 6. The molecule has 3 rings (SSSR count). The van der Waals surface area contributed by atoms with Gasteiger partial charge in [0.2, 0.25) is 5.91 Å². The summed E-state index contributed by atoms with van der Waals surface area (Å²) in [6.45, 7) is 1.20. The Bertz CT molecular complexity index is 844. The molecule has 1 aromatic heterocycles. The lowest BCUT2D eigenvalue weighted by molar-refractivity contribution is -0.123. The van der Waals surface area contributed by atoms with Gasteiger partial charge in [0.1, 0.15) is 11.6 Å². The molecule has 2 heterocycles. The van der Waals surface area contributed by atoms with Crippen molar-refractivity contribution in [3.05, 3.63) is 50.9 Å². The van der Waals surface area contributed by atoms with E-state index in [1.807, 2.05) is 0 Å². The zero-order valence-electron chi connectivity index (χ0n) is 14.4. The minimum atomic E-state index is -0.509. The maximum atomic E-state index is 14.0. The second kappa shape index (κ2) is 8.01. The third-order valence-corrected chi connectivity index (χ3v) is 4.78. The van der Waals surface area contributed by atoms with Gasteiger partial charge >= 0.3 is 5.69 Å². The molecular formula is C17H20ClFN4O3. The van der Waals surface area contributed by atoms with E-state index in [1.54, 1.807) is 13.2 Å². The van der Waals surface area contributed by atoms with Crippen LogP contribution in [0, 0.1) is 5.82 Å². The van der Waals surface area contributed by atoms with E-state index in [2.05, 4.69) is 10.4 Å². The zero-order chi connectivity index (χ0) is 18.7. The van der Waals surface area contributed by atoms with Crippen molar-refractivity contribution in [2.75, 3.05) is 20.3 Å². The van der Waals surface area contributed by atoms with Crippen LogP contribution in [0.3, 0.4) is 0 Å². The van der Waals surface area contributed by atoms with E-state index >= 15 is 0 Å². The van der Waals surface area contributed by atoms with Crippen molar-refractivity contribution in [3.8, 4) is 0 Å². The quantitative estimate of drug-likeness (QED) is 0.768. The highest BCUT2D eigenvalue weighted by atomic mass is 35.5. The number of hydrogen-bond acceptors (Lipinski definition) is 4. The van der Waals surface area contributed by atoms with E-state index < -0.39 is 11.7 Å². The van der Waals surface area contributed by atoms with Gasteiger partial charge in [-0.2, -0.15) is 5.10 Å². The van der Waals surface area contributed by atoms with Gasteiger partial charge in [0, 0.05) is 30.8 Å². The first-order valence-corrected chi connectivity index (χ1v) is 8.77. The zero-order valence-corrected chi connectivity index (χ0v) is 15.1. The van der Waals surface area contributed by atoms with Crippen LogP contribution in [-0.4, -0.2) is 40.5 Å². The second-order valence-electron chi connectivity index (χ2n) is 6.13. The number of aromatic nitrogens is 3. The Kier molecular flexibility index (Phi) is 5.73. The first kappa shape index (κ1) is 18.6. The van der Waals surface area contributed by atoms with Crippen molar-refractivity contribution in [3.63, 3.8) is 0 Å². The Hall–Kier alpha value is -2.19. The van der Waals surface area contributed by atoms with Gasteiger partial charge in [-0.25, -0.2) is 13.9 Å². The van der Waals surface area contributed by atoms with Gasteiger partial charge in [0.05, 0.1) is 19.1 Å². The number of fused-ring (bicyclic) bond motifs is 1. The standard InChI is InChI=1S/C17H20ClFN4O3/c1-26-9-7-20-16(24)11-4-3-8-22-15(11)21-23(17(22)25)10-12-13(18)5-2-6-14(12)19/h2,5-6,11H,3-4,7-10H2,1H3,(H,20,24). The summed E-state index contributed by atoms with van der Waals surface area (Å²) in [5.41, 5.74) is -0.165. The normalized spacial score (nSPS) is 16.3. The van der Waals surface area contributed by atoms with E-state index in [9.17, 15) is 14.0 Å². The fraction of sp³-hybridized carbons (Fsp3) is 0.471. The summed E-state index contributed by atoms with van der Waals surface area (Å²) in [4.78, 5) is 25.0. The summed E-state index contributed by atoms with van der Waals surface area (Å²) < 4.78 is 21.6. The Morgan fingerprint density at radius 1 is 1.50 bits per heavy atom. The van der Waals surface area contributed by atoms with Crippen LogP contribution in [0.25, 0.3) is 0 Å². The fourth-order valence-corrected chi connectivity index (χ4v) is 3.32. The molecule has 1 unspecified atom stereocenters. The van der Waals surface area contributed by atoms with Crippen LogP contribution in [0.2, 0.25) is 5.02 Å². The molecule has 1 atom stereocenters. The summed E-state index contributed by atoms with van der Waals surface area (Å²) in [5.74, 6) is -0.789. The van der Waals surface area contributed by atoms with Gasteiger partial charge in [-0.3, -0.25) is 9.36 Å². The fourth-order valence-electron chi connectivity index (χ4n) is 3.09.